The van der Waals surface area contributed by atoms with Crippen molar-refractivity contribution in [3.8, 4) is 0 Å². The van der Waals surface area contributed by atoms with Gasteiger partial charge in [0, 0.05) is 25.6 Å². The maximum Gasteiger partial charge on any atom is 0.329 e. The molecule has 2 heterocycles. The number of nitrogens with one attached hydrogen (secondary N) is 1. The Hall–Kier alpha value is -2.07. The molecule has 5 N–H and O–H groups in total. The van der Waals surface area contributed by atoms with Crippen LogP contribution in [0.5, 0.6) is 0 Å². The van der Waals surface area contributed by atoms with E-state index in [2.05, 4.69) is 4.98 Å². The van der Waals surface area contributed by atoms with Crippen LogP contribution in [0.25, 0.3) is 11.3 Å². The van der Waals surface area contributed by atoms with E-state index in [1.165, 1.54) is 4.57 Å². The molecule has 0 bridgehead atoms. The van der Waals surface area contributed by atoms with E-state index in [1.807, 2.05) is 4.90 Å². The first-order chi connectivity index (χ1) is 13.6. The third kappa shape index (κ3) is 2.58. The van der Waals surface area contributed by atoms with Crippen LogP contribution in [0.3, 0.4) is 0 Å². The van der Waals surface area contributed by atoms with E-state index in [4.69, 9.17) is 11.5 Å². The zero-order chi connectivity index (χ0) is 20.8. The highest BCUT2D eigenvalue weighted by atomic mass is 19.3. The molecule has 0 aromatic carbocycles. The molecule has 158 valence electrons. The molecule has 0 radical (unpaired) electrons. The van der Waals surface area contributed by atoms with Crippen LogP contribution in [0.1, 0.15) is 32.2 Å². The molecule has 2 saturated carbocycles. The smallest absolute Gasteiger partial charge is 0.329 e. The second kappa shape index (κ2) is 5.98. The topological polar surface area (TPSA) is 110 Å². The van der Waals surface area contributed by atoms with Crippen molar-refractivity contribution in [2.75, 3.05) is 13.1 Å². The zero-order valence-corrected chi connectivity index (χ0v) is 16.0. The van der Waals surface area contributed by atoms with Gasteiger partial charge < -0.3 is 11.5 Å². The monoisotopic (exact) mass is 411 g/mol. The number of aromatic nitrogens is 2. The Bertz CT molecular complexity index is 1120. The number of rotatable bonds is 2. The highest BCUT2D eigenvalue weighted by Gasteiger charge is 2.57. The number of H-pyrrole nitrogens is 1. The van der Waals surface area contributed by atoms with Gasteiger partial charge in [0.15, 0.2) is 6.17 Å². The van der Waals surface area contributed by atoms with Crippen LogP contribution < -0.4 is 33.3 Å². The fourth-order valence-corrected chi connectivity index (χ4v) is 5.59. The van der Waals surface area contributed by atoms with Crippen molar-refractivity contribution in [2.24, 2.45) is 23.3 Å². The number of hydrogen-bond donors (Lipinski definition) is 3. The summed E-state index contributed by atoms with van der Waals surface area (Å²) >= 11 is 0. The number of nitrogens with zero attached hydrogens (tertiary/aromatic N) is 2. The molecule has 0 spiro atoms. The summed E-state index contributed by atoms with van der Waals surface area (Å²) in [6.45, 7) is 2.22. The summed E-state index contributed by atoms with van der Waals surface area (Å²) in [5.41, 5.74) is 10.9. The molecule has 7 nitrogen and oxygen atoms in total. The standard InChI is InChI=1S/C19H24F3N5O2/c1-7-14-11(17(28)25-18(29)27(14)9-2-3-9)13(23)12(20)15(7)26-5-8-4-19(21,22)16(24)10(8)6-26/h8-10,12,15-16H,2-6,23-24H2,1H3,(H,25,28,29). The van der Waals surface area contributed by atoms with E-state index >= 15 is 4.39 Å². The second-order valence-corrected chi connectivity index (χ2v) is 8.94. The number of nitrogens with two attached hydrogens (primary N) is 2. The SMILES string of the molecule is CC1=c2c(c(=O)[nH]c(=O)n2C2CC2)=C(N)C(F)C1N1CC2CC(F)(F)C(N)C2C1. The van der Waals surface area contributed by atoms with Gasteiger partial charge in [0.05, 0.1) is 28.3 Å². The molecule has 10 heteroatoms. The van der Waals surface area contributed by atoms with Crippen molar-refractivity contribution in [1.82, 2.24) is 14.5 Å². The number of alkyl halides is 3. The lowest BCUT2D eigenvalue weighted by Crippen LogP contribution is -2.62. The van der Waals surface area contributed by atoms with Crippen molar-refractivity contribution < 1.29 is 13.2 Å². The first-order valence-electron chi connectivity index (χ1n) is 9.98. The highest BCUT2D eigenvalue weighted by Crippen LogP contribution is 2.47. The third-order valence-corrected chi connectivity index (χ3v) is 7.13. The van der Waals surface area contributed by atoms with Crippen LogP contribution in [0.15, 0.2) is 9.59 Å². The van der Waals surface area contributed by atoms with Crippen LogP contribution >= 0.6 is 0 Å². The number of fused-ring (bicyclic) bond motifs is 2. The fraction of sp³-hybridized carbons (Fsp3) is 0.684. The molecule has 1 saturated heterocycles. The summed E-state index contributed by atoms with van der Waals surface area (Å²) in [5, 5.41) is 0.393. The molecule has 4 aliphatic rings. The quantitative estimate of drug-likeness (QED) is 0.563. The summed E-state index contributed by atoms with van der Waals surface area (Å²) in [7, 11) is 0. The fourth-order valence-electron chi connectivity index (χ4n) is 5.59. The van der Waals surface area contributed by atoms with Gasteiger partial charge in [0.25, 0.3) is 11.5 Å². The molecular formula is C19H24F3N5O2. The minimum absolute atomic E-state index is 0.0142. The lowest BCUT2D eigenvalue weighted by atomic mass is 9.93. The van der Waals surface area contributed by atoms with Crippen LogP contribution in [0.2, 0.25) is 0 Å². The van der Waals surface area contributed by atoms with Gasteiger partial charge in [-0.1, -0.05) is 0 Å². The van der Waals surface area contributed by atoms with Crippen molar-refractivity contribution in [3.05, 3.63) is 31.4 Å². The van der Waals surface area contributed by atoms with Gasteiger partial charge in [-0.25, -0.2) is 18.0 Å². The van der Waals surface area contributed by atoms with Gasteiger partial charge in [0.2, 0.25) is 0 Å². The van der Waals surface area contributed by atoms with Crippen molar-refractivity contribution in [1.29, 1.82) is 0 Å². The Morgan fingerprint density at radius 3 is 2.52 bits per heavy atom. The highest BCUT2D eigenvalue weighted by molar-refractivity contribution is 5.62. The predicted octanol–water partition coefficient (Wildman–Crippen LogP) is -1.26. The van der Waals surface area contributed by atoms with E-state index in [0.717, 1.165) is 12.8 Å². The Morgan fingerprint density at radius 2 is 1.90 bits per heavy atom. The molecule has 5 atom stereocenters. The third-order valence-electron chi connectivity index (χ3n) is 7.13. The minimum Gasteiger partial charge on any atom is -0.399 e. The molecule has 5 unspecified atom stereocenters. The van der Waals surface area contributed by atoms with Crippen LogP contribution in [0, 0.1) is 11.8 Å². The molecule has 3 fully saturated rings. The molecule has 1 aromatic heterocycles. The van der Waals surface area contributed by atoms with E-state index in [9.17, 15) is 18.4 Å². The summed E-state index contributed by atoms with van der Waals surface area (Å²) in [5.74, 6) is -3.64. The number of halogens is 3. The normalized spacial score (nSPS) is 36.4. The van der Waals surface area contributed by atoms with Crippen LogP contribution in [0.4, 0.5) is 13.2 Å². The maximum atomic E-state index is 15.4. The summed E-state index contributed by atoms with van der Waals surface area (Å²) in [6, 6.07) is -2.10. The van der Waals surface area contributed by atoms with Crippen molar-refractivity contribution >= 4 is 11.3 Å². The minimum atomic E-state index is -2.90. The van der Waals surface area contributed by atoms with Gasteiger partial charge in [-0.15, -0.1) is 0 Å². The van der Waals surface area contributed by atoms with Crippen LogP contribution in [-0.2, 0) is 0 Å². The molecule has 0 amide bonds. The Kier molecular flexibility index (Phi) is 3.90. The summed E-state index contributed by atoms with van der Waals surface area (Å²) in [4.78, 5) is 28.9. The lowest BCUT2D eigenvalue weighted by molar-refractivity contribution is -0.0201. The molecule has 3 aliphatic carbocycles. The number of hydrogen-bond acceptors (Lipinski definition) is 5. The van der Waals surface area contributed by atoms with E-state index in [1.54, 1.807) is 6.92 Å². The Labute approximate surface area is 163 Å². The lowest BCUT2D eigenvalue weighted by Gasteiger charge is -2.35. The van der Waals surface area contributed by atoms with Crippen molar-refractivity contribution in [2.45, 2.75) is 56.4 Å². The first kappa shape index (κ1) is 18.9. The van der Waals surface area contributed by atoms with E-state index in [0.29, 0.717) is 10.9 Å². The average Bonchev–Trinajstić information content (AvgIpc) is 3.35. The second-order valence-electron chi connectivity index (χ2n) is 8.94. The van der Waals surface area contributed by atoms with E-state index in [-0.39, 0.29) is 42.4 Å². The summed E-state index contributed by atoms with van der Waals surface area (Å²) in [6.07, 6.45) is -0.371. The van der Waals surface area contributed by atoms with Crippen LogP contribution in [-0.4, -0.2) is 51.7 Å². The Morgan fingerprint density at radius 1 is 1.21 bits per heavy atom. The average molecular weight is 411 g/mol. The maximum absolute atomic E-state index is 15.4. The molecule has 29 heavy (non-hydrogen) atoms. The van der Waals surface area contributed by atoms with Gasteiger partial charge >= 0.3 is 5.69 Å². The first-order valence-corrected chi connectivity index (χ1v) is 9.98. The molecular weight excluding hydrogens is 387 g/mol. The predicted molar refractivity (Wildman–Crippen MR) is 100 cm³/mol. The van der Waals surface area contributed by atoms with E-state index < -0.39 is 41.3 Å². The molecule has 1 aromatic rings. The summed E-state index contributed by atoms with van der Waals surface area (Å²) < 4.78 is 44.9. The Balaban J connectivity index is 1.64. The molecule has 1 aliphatic heterocycles. The molecule has 5 rings (SSSR count). The van der Waals surface area contributed by atoms with Crippen molar-refractivity contribution in [3.63, 3.8) is 0 Å². The largest absolute Gasteiger partial charge is 0.399 e. The van der Waals surface area contributed by atoms with Gasteiger partial charge in [0.1, 0.15) is 0 Å². The number of aromatic amines is 1. The van der Waals surface area contributed by atoms with Gasteiger partial charge in [-0.05, 0) is 37.2 Å². The zero-order valence-electron chi connectivity index (χ0n) is 16.0. The van der Waals surface area contributed by atoms with Gasteiger partial charge in [-0.3, -0.25) is 19.2 Å². The van der Waals surface area contributed by atoms with Gasteiger partial charge in [-0.2, -0.15) is 0 Å². The number of likely N-dealkylation sites (tertiary alicyclic amines) is 1.